The number of rotatable bonds is 5. The average Bonchev–Trinajstić information content (AvgIpc) is 3.45. The van der Waals surface area contributed by atoms with E-state index in [2.05, 4.69) is 5.32 Å². The predicted molar refractivity (Wildman–Crippen MR) is 136 cm³/mol. The van der Waals surface area contributed by atoms with Gasteiger partial charge < -0.3 is 19.7 Å². The van der Waals surface area contributed by atoms with E-state index < -0.39 is 0 Å². The van der Waals surface area contributed by atoms with E-state index in [4.69, 9.17) is 0 Å². The van der Waals surface area contributed by atoms with Gasteiger partial charge in [0.25, 0.3) is 5.91 Å². The highest BCUT2D eigenvalue weighted by atomic mass is 32.1. The minimum absolute atomic E-state index is 0.0685. The van der Waals surface area contributed by atoms with Crippen molar-refractivity contribution in [3.05, 3.63) is 94.7 Å². The lowest BCUT2D eigenvalue weighted by Crippen LogP contribution is -2.57. The van der Waals surface area contributed by atoms with Crippen LogP contribution < -0.4 is 5.32 Å². The Bertz CT molecular complexity index is 1350. The van der Waals surface area contributed by atoms with Gasteiger partial charge in [0, 0.05) is 44.2 Å². The largest absolute Gasteiger partial charge is 0.334 e. The molecule has 3 heterocycles. The normalized spacial score (nSPS) is 16.0. The number of carbonyl (C=O) groups is 2. The van der Waals surface area contributed by atoms with Crippen molar-refractivity contribution in [2.24, 2.45) is 0 Å². The van der Waals surface area contributed by atoms with Gasteiger partial charge in [-0.15, -0.1) is 11.3 Å². The molecular weight excluding hydrogens is 463 g/mol. The van der Waals surface area contributed by atoms with Crippen molar-refractivity contribution in [3.63, 3.8) is 0 Å². The minimum atomic E-state index is -0.291. The zero-order valence-corrected chi connectivity index (χ0v) is 20.3. The minimum Gasteiger partial charge on any atom is -0.334 e. The molecule has 8 heteroatoms. The van der Waals surface area contributed by atoms with Gasteiger partial charge in [-0.2, -0.15) is 0 Å². The molecule has 1 aliphatic rings. The zero-order valence-electron chi connectivity index (χ0n) is 19.5. The van der Waals surface area contributed by atoms with E-state index in [0.717, 1.165) is 21.3 Å². The number of urea groups is 1. The predicted octanol–water partition coefficient (Wildman–Crippen LogP) is 4.95. The van der Waals surface area contributed by atoms with Crippen molar-refractivity contribution >= 4 is 33.5 Å². The summed E-state index contributed by atoms with van der Waals surface area (Å²) >= 11 is 1.57. The third-order valence-corrected chi connectivity index (χ3v) is 7.36. The zero-order chi connectivity index (χ0) is 24.4. The van der Waals surface area contributed by atoms with Gasteiger partial charge in [-0.3, -0.25) is 4.79 Å². The fourth-order valence-electron chi connectivity index (χ4n) is 4.61. The number of nitrogens with zero attached hydrogens (tertiary/aromatic N) is 3. The van der Waals surface area contributed by atoms with E-state index in [1.165, 1.54) is 12.1 Å². The third-order valence-electron chi connectivity index (χ3n) is 6.41. The third kappa shape index (κ3) is 4.93. The van der Waals surface area contributed by atoms with Gasteiger partial charge in [0.1, 0.15) is 16.3 Å². The summed E-state index contributed by atoms with van der Waals surface area (Å²) < 4.78 is 15.7. The number of halogens is 1. The Hall–Kier alpha value is -3.65. The van der Waals surface area contributed by atoms with Gasteiger partial charge >= 0.3 is 6.03 Å². The lowest BCUT2D eigenvalue weighted by molar-refractivity contribution is 0.0570. The second-order valence-electron chi connectivity index (χ2n) is 8.86. The standard InChI is InChI=1S/C27H27FN4O2S/c1-19-17-30(11-12-31(19)27(34)29-16-20-6-3-2-4-7-20)25(33)24-15-22-10-13-35-26(22)32(24)18-21-8-5-9-23(28)14-21/h2-10,13-15,19H,11-12,16-18H2,1H3,(H,29,34)/t19-/m0/s1. The van der Waals surface area contributed by atoms with Crippen LogP contribution in [0.3, 0.4) is 0 Å². The van der Waals surface area contributed by atoms with Gasteiger partial charge in [-0.05, 0) is 47.7 Å². The van der Waals surface area contributed by atoms with E-state index >= 15 is 0 Å². The molecule has 4 aromatic rings. The topological polar surface area (TPSA) is 57.6 Å². The highest BCUT2D eigenvalue weighted by Gasteiger charge is 2.31. The molecule has 0 spiro atoms. The lowest BCUT2D eigenvalue weighted by Gasteiger charge is -2.39. The molecule has 5 rings (SSSR count). The van der Waals surface area contributed by atoms with Crippen LogP contribution in [0, 0.1) is 5.82 Å². The molecule has 0 saturated carbocycles. The van der Waals surface area contributed by atoms with Gasteiger partial charge in [-0.1, -0.05) is 42.5 Å². The summed E-state index contributed by atoms with van der Waals surface area (Å²) in [6.07, 6.45) is 0. The highest BCUT2D eigenvalue weighted by molar-refractivity contribution is 7.16. The molecule has 0 bridgehead atoms. The highest BCUT2D eigenvalue weighted by Crippen LogP contribution is 2.28. The Kier molecular flexibility index (Phi) is 6.55. The van der Waals surface area contributed by atoms with Gasteiger partial charge in [0.15, 0.2) is 0 Å². The van der Waals surface area contributed by atoms with Crippen LogP contribution in [0.4, 0.5) is 9.18 Å². The Morgan fingerprint density at radius 3 is 2.60 bits per heavy atom. The van der Waals surface area contributed by atoms with E-state index in [1.54, 1.807) is 22.3 Å². The molecule has 6 nitrogen and oxygen atoms in total. The van der Waals surface area contributed by atoms with Crippen molar-refractivity contribution in [1.29, 1.82) is 0 Å². The van der Waals surface area contributed by atoms with Crippen LogP contribution in [0.25, 0.3) is 10.2 Å². The molecular formula is C27H27FN4O2S. The van der Waals surface area contributed by atoms with Crippen molar-refractivity contribution in [2.45, 2.75) is 26.1 Å². The fourth-order valence-corrected chi connectivity index (χ4v) is 5.50. The van der Waals surface area contributed by atoms with Crippen molar-refractivity contribution in [3.8, 4) is 0 Å². The maximum Gasteiger partial charge on any atom is 0.318 e. The van der Waals surface area contributed by atoms with Crippen LogP contribution >= 0.6 is 11.3 Å². The maximum atomic E-state index is 13.8. The maximum absolute atomic E-state index is 13.8. The van der Waals surface area contributed by atoms with Gasteiger partial charge in [-0.25, -0.2) is 9.18 Å². The number of aromatic nitrogens is 1. The Labute approximate surface area is 207 Å². The smallest absolute Gasteiger partial charge is 0.318 e. The first-order valence-electron chi connectivity index (χ1n) is 11.7. The van der Waals surface area contributed by atoms with E-state index in [9.17, 15) is 14.0 Å². The average molecular weight is 491 g/mol. The lowest BCUT2D eigenvalue weighted by atomic mass is 10.1. The summed E-state index contributed by atoms with van der Waals surface area (Å²) in [6, 6.07) is 19.9. The molecule has 0 unspecified atom stereocenters. The molecule has 35 heavy (non-hydrogen) atoms. The van der Waals surface area contributed by atoms with Crippen molar-refractivity contribution in [1.82, 2.24) is 19.7 Å². The first-order chi connectivity index (χ1) is 17.0. The fraction of sp³-hybridized carbons (Fsp3) is 0.259. The summed E-state index contributed by atoms with van der Waals surface area (Å²) in [5, 5.41) is 5.98. The van der Waals surface area contributed by atoms with Gasteiger partial charge in [0.2, 0.25) is 0 Å². The van der Waals surface area contributed by atoms with Crippen LogP contribution in [0.2, 0.25) is 0 Å². The Morgan fingerprint density at radius 2 is 1.83 bits per heavy atom. The number of carbonyl (C=O) groups excluding carboxylic acids is 2. The first kappa shape index (κ1) is 23.1. The summed E-state index contributed by atoms with van der Waals surface area (Å²) in [6.45, 7) is 4.23. The molecule has 2 aromatic heterocycles. The first-order valence-corrected chi connectivity index (χ1v) is 12.6. The number of benzene rings is 2. The quantitative estimate of drug-likeness (QED) is 0.431. The Morgan fingerprint density at radius 1 is 1.03 bits per heavy atom. The molecule has 1 N–H and O–H groups in total. The number of nitrogens with one attached hydrogen (secondary N) is 1. The number of amides is 3. The number of fused-ring (bicyclic) bond motifs is 1. The van der Waals surface area contributed by atoms with E-state index in [1.807, 2.05) is 70.3 Å². The molecule has 1 saturated heterocycles. The summed E-state index contributed by atoms with van der Waals surface area (Å²) in [4.78, 5) is 31.0. The molecule has 0 radical (unpaired) electrons. The number of piperazine rings is 1. The molecule has 1 atom stereocenters. The monoisotopic (exact) mass is 490 g/mol. The molecule has 1 fully saturated rings. The molecule has 3 amide bonds. The molecule has 180 valence electrons. The second-order valence-corrected chi connectivity index (χ2v) is 9.76. The molecule has 0 aliphatic carbocycles. The number of thiophene rings is 1. The van der Waals surface area contributed by atoms with Crippen LogP contribution in [-0.4, -0.2) is 52.0 Å². The second kappa shape index (κ2) is 9.92. The van der Waals surface area contributed by atoms with Crippen molar-refractivity contribution < 1.29 is 14.0 Å². The van der Waals surface area contributed by atoms with Crippen LogP contribution in [0.5, 0.6) is 0 Å². The Balaban J connectivity index is 1.28. The summed E-state index contributed by atoms with van der Waals surface area (Å²) in [5.74, 6) is -0.360. The summed E-state index contributed by atoms with van der Waals surface area (Å²) in [5.41, 5.74) is 2.44. The molecule has 2 aromatic carbocycles. The van der Waals surface area contributed by atoms with E-state index in [-0.39, 0.29) is 23.8 Å². The number of hydrogen-bond donors (Lipinski definition) is 1. The number of hydrogen-bond acceptors (Lipinski definition) is 3. The van der Waals surface area contributed by atoms with Crippen molar-refractivity contribution in [2.75, 3.05) is 19.6 Å². The van der Waals surface area contributed by atoms with Crippen LogP contribution in [-0.2, 0) is 13.1 Å². The van der Waals surface area contributed by atoms with Crippen LogP contribution in [0.15, 0.2) is 72.1 Å². The SMILES string of the molecule is C[C@H]1CN(C(=O)c2cc3ccsc3n2Cc2cccc(F)c2)CCN1C(=O)NCc1ccccc1. The van der Waals surface area contributed by atoms with Gasteiger partial charge in [0.05, 0.1) is 0 Å². The molecule has 1 aliphatic heterocycles. The van der Waals surface area contributed by atoms with Crippen LogP contribution in [0.1, 0.15) is 28.5 Å². The van der Waals surface area contributed by atoms with E-state index in [0.29, 0.717) is 38.4 Å². The summed E-state index contributed by atoms with van der Waals surface area (Å²) in [7, 11) is 0.